The molecule has 2 aliphatic rings. The number of carbonyl (C=O) groups is 4. The maximum Gasteiger partial charge on any atom is 0.346 e. The number of cyclic esters (lactones) is 2. The van der Waals surface area contributed by atoms with Gasteiger partial charge in [-0.05, 0) is 64.7 Å². The van der Waals surface area contributed by atoms with Crippen molar-refractivity contribution in [3.05, 3.63) is 171 Å². The first-order valence-electron chi connectivity index (χ1n) is 16.6. The molecule has 0 bridgehead atoms. The fourth-order valence-corrected chi connectivity index (χ4v) is 7.30. The molecule has 2 heterocycles. The number of carboxylic acids is 1. The maximum absolute atomic E-state index is 12.9. The minimum atomic E-state index is -0.981. The minimum Gasteiger partial charge on any atom is -0.478 e. The van der Waals surface area contributed by atoms with Crippen molar-refractivity contribution in [3.8, 4) is 0 Å². The van der Waals surface area contributed by atoms with Crippen LogP contribution in [0.1, 0.15) is 87.6 Å². The zero-order valence-electron chi connectivity index (χ0n) is 27.6. The van der Waals surface area contributed by atoms with Crippen LogP contribution in [0.5, 0.6) is 0 Å². The number of fused-ring (bicyclic) bond motifs is 1. The number of ether oxygens (including phenoxy) is 3. The highest BCUT2D eigenvalue weighted by Gasteiger charge is 2.42. The molecule has 3 N–H and O–H groups in total. The van der Waals surface area contributed by atoms with Crippen molar-refractivity contribution >= 4 is 35.6 Å². The van der Waals surface area contributed by atoms with E-state index in [0.29, 0.717) is 5.75 Å². The second kappa shape index (κ2) is 15.3. The summed E-state index contributed by atoms with van der Waals surface area (Å²) in [6.07, 6.45) is -1.47. The minimum absolute atomic E-state index is 0.0689. The summed E-state index contributed by atoms with van der Waals surface area (Å²) in [6, 6.07) is 36.3. The molecule has 0 spiro atoms. The molecule has 0 radical (unpaired) electrons. The highest BCUT2D eigenvalue weighted by molar-refractivity contribution is 7.99. The van der Waals surface area contributed by atoms with Gasteiger partial charge in [0, 0.05) is 34.2 Å². The van der Waals surface area contributed by atoms with Crippen LogP contribution in [-0.2, 0) is 27.4 Å². The zero-order valence-corrected chi connectivity index (χ0v) is 28.5. The van der Waals surface area contributed by atoms with Crippen molar-refractivity contribution in [2.75, 3.05) is 5.75 Å². The van der Waals surface area contributed by atoms with E-state index in [4.69, 9.17) is 9.47 Å². The smallest absolute Gasteiger partial charge is 0.346 e. The quantitative estimate of drug-likeness (QED) is 0.0754. The van der Waals surface area contributed by atoms with Crippen molar-refractivity contribution in [2.45, 2.75) is 42.5 Å². The van der Waals surface area contributed by atoms with Gasteiger partial charge < -0.3 is 29.7 Å². The van der Waals surface area contributed by atoms with E-state index < -0.39 is 36.2 Å². The number of hydrogen-bond acceptors (Lipinski definition) is 9. The summed E-state index contributed by atoms with van der Waals surface area (Å²) >= 11 is 1.57. The molecule has 1 saturated heterocycles. The Kier molecular flexibility index (Phi) is 10.3. The number of benzene rings is 5. The van der Waals surface area contributed by atoms with Crippen LogP contribution in [0.4, 0.5) is 0 Å². The lowest BCUT2D eigenvalue weighted by molar-refractivity contribution is -0.255. The van der Waals surface area contributed by atoms with Gasteiger partial charge in [0.1, 0.15) is 0 Å². The first kappa shape index (κ1) is 34.8. The van der Waals surface area contributed by atoms with Crippen molar-refractivity contribution in [1.82, 2.24) is 5.32 Å². The van der Waals surface area contributed by atoms with Gasteiger partial charge in [-0.3, -0.25) is 4.79 Å². The molecule has 5 aromatic rings. The highest BCUT2D eigenvalue weighted by Crippen LogP contribution is 2.48. The summed E-state index contributed by atoms with van der Waals surface area (Å²) in [5, 5.41) is 21.9. The van der Waals surface area contributed by atoms with E-state index in [1.54, 1.807) is 36.0 Å². The van der Waals surface area contributed by atoms with Crippen LogP contribution in [0.25, 0.3) is 0 Å². The second-order valence-electron chi connectivity index (χ2n) is 12.4. The Hall–Kier alpha value is -5.59. The third-order valence-corrected chi connectivity index (χ3v) is 10.2. The lowest BCUT2D eigenvalue weighted by Crippen LogP contribution is -2.38. The molecule has 262 valence electrons. The molecule has 0 aliphatic carbocycles. The molecule has 11 heteroatoms. The number of aliphatic hydroxyl groups is 1. The summed E-state index contributed by atoms with van der Waals surface area (Å²) in [4.78, 5) is 48.9. The molecule has 10 nitrogen and oxygen atoms in total. The van der Waals surface area contributed by atoms with Gasteiger partial charge in [0.25, 0.3) is 5.91 Å². The second-order valence-corrected chi connectivity index (χ2v) is 13.5. The van der Waals surface area contributed by atoms with Crippen molar-refractivity contribution in [3.63, 3.8) is 0 Å². The number of amides is 1. The Morgan fingerprint density at radius 3 is 2.04 bits per heavy atom. The molecule has 1 amide bonds. The SMILES string of the molecule is O=C(O)c1ccc(SC[C@H]2OC(c3ccc(CNC(=O)c4ccc5c(c4)C(=O)OC5=O)cc3)O[C@@H](c3ccc(CO)cc3)[C@@H]2c2ccccc2)cc1. The number of aliphatic hydroxyl groups excluding tert-OH is 1. The average Bonchev–Trinajstić information content (AvgIpc) is 3.48. The van der Waals surface area contributed by atoms with Crippen LogP contribution in [0.15, 0.2) is 126 Å². The van der Waals surface area contributed by atoms with Gasteiger partial charge in [0.15, 0.2) is 6.29 Å². The first-order chi connectivity index (χ1) is 25.3. The van der Waals surface area contributed by atoms with Crippen molar-refractivity contribution in [1.29, 1.82) is 0 Å². The van der Waals surface area contributed by atoms with E-state index in [-0.39, 0.29) is 47.4 Å². The third-order valence-electron chi connectivity index (χ3n) is 9.10. The van der Waals surface area contributed by atoms with Gasteiger partial charge in [0.05, 0.1) is 35.5 Å². The lowest BCUT2D eigenvalue weighted by Gasteiger charge is -2.43. The number of esters is 2. The molecule has 4 atom stereocenters. The third kappa shape index (κ3) is 7.53. The van der Waals surface area contributed by atoms with Crippen LogP contribution in [0.3, 0.4) is 0 Å². The Labute approximate surface area is 303 Å². The van der Waals surface area contributed by atoms with Crippen LogP contribution in [0.2, 0.25) is 0 Å². The summed E-state index contributed by atoms with van der Waals surface area (Å²) in [5.41, 5.74) is 5.02. The van der Waals surface area contributed by atoms with E-state index in [1.165, 1.54) is 18.2 Å². The predicted octanol–water partition coefficient (Wildman–Crippen LogP) is 6.85. The fourth-order valence-electron chi connectivity index (χ4n) is 6.33. The fraction of sp³-hybridized carbons (Fsp3) is 0.171. The van der Waals surface area contributed by atoms with Crippen LogP contribution < -0.4 is 5.32 Å². The molecular formula is C41H33NO9S. The molecular weight excluding hydrogens is 683 g/mol. The van der Waals surface area contributed by atoms with Crippen LogP contribution in [-0.4, -0.2) is 45.9 Å². The molecule has 7 rings (SSSR count). The Balaban J connectivity index is 1.12. The topological polar surface area (TPSA) is 148 Å². The standard InChI is InChI=1S/C41H33NO9S/c43-22-25-8-10-27(11-9-25)36-35(26-4-2-1-3-5-26)34(23-52-31-17-14-28(15-18-31)38(45)46)49-41(50-36)29-12-6-24(7-13-29)21-42-37(44)30-16-19-32-33(20-30)40(48)51-39(32)47/h1-20,34-36,41,43H,21-23H2,(H,42,44)(H,45,46)/t34-,35-,36+,41?/m1/s1. The van der Waals surface area contributed by atoms with Crippen molar-refractivity contribution in [2.24, 2.45) is 0 Å². The van der Waals surface area contributed by atoms with Crippen LogP contribution >= 0.6 is 11.8 Å². The highest BCUT2D eigenvalue weighted by atomic mass is 32.2. The molecule has 52 heavy (non-hydrogen) atoms. The van der Waals surface area contributed by atoms with Crippen molar-refractivity contribution < 1.29 is 43.6 Å². The number of nitrogens with one attached hydrogen (secondary N) is 1. The van der Waals surface area contributed by atoms with Gasteiger partial charge >= 0.3 is 17.9 Å². The van der Waals surface area contributed by atoms with E-state index in [1.807, 2.05) is 66.7 Å². The number of thioether (sulfide) groups is 1. The Bertz CT molecular complexity index is 2100. The van der Waals surface area contributed by atoms with E-state index in [0.717, 1.165) is 32.7 Å². The van der Waals surface area contributed by atoms with Gasteiger partial charge in [0.2, 0.25) is 0 Å². The number of hydrogen-bond donors (Lipinski definition) is 3. The van der Waals surface area contributed by atoms with Gasteiger partial charge in [-0.25, -0.2) is 14.4 Å². The lowest BCUT2D eigenvalue weighted by atomic mass is 9.84. The summed E-state index contributed by atoms with van der Waals surface area (Å²) in [7, 11) is 0. The maximum atomic E-state index is 12.9. The number of rotatable bonds is 11. The van der Waals surface area contributed by atoms with E-state index >= 15 is 0 Å². The molecule has 1 fully saturated rings. The number of carbonyl (C=O) groups excluding carboxylic acids is 3. The molecule has 5 aromatic carbocycles. The zero-order chi connectivity index (χ0) is 36.2. The monoisotopic (exact) mass is 715 g/mol. The summed E-state index contributed by atoms with van der Waals surface area (Å²) in [5.74, 6) is -2.53. The molecule has 2 aliphatic heterocycles. The van der Waals surface area contributed by atoms with E-state index in [2.05, 4.69) is 22.2 Å². The predicted molar refractivity (Wildman–Crippen MR) is 191 cm³/mol. The van der Waals surface area contributed by atoms with Gasteiger partial charge in [-0.1, -0.05) is 78.9 Å². The first-order valence-corrected chi connectivity index (χ1v) is 17.6. The van der Waals surface area contributed by atoms with Gasteiger partial charge in [-0.2, -0.15) is 0 Å². The number of carboxylic acid groups (broad SMARTS) is 1. The summed E-state index contributed by atoms with van der Waals surface area (Å²) < 4.78 is 18.2. The normalized spacial score (nSPS) is 19.5. The largest absolute Gasteiger partial charge is 0.478 e. The average molecular weight is 716 g/mol. The van der Waals surface area contributed by atoms with E-state index in [9.17, 15) is 29.4 Å². The Morgan fingerprint density at radius 2 is 1.35 bits per heavy atom. The van der Waals surface area contributed by atoms with Gasteiger partial charge in [-0.15, -0.1) is 11.8 Å². The molecule has 1 unspecified atom stereocenters. The number of aromatic carboxylic acids is 1. The molecule has 0 aromatic heterocycles. The molecule has 0 saturated carbocycles. The van der Waals surface area contributed by atoms with Crippen LogP contribution in [0, 0.1) is 0 Å². The Morgan fingerprint density at radius 1 is 0.692 bits per heavy atom. The summed E-state index contributed by atoms with van der Waals surface area (Å²) in [6.45, 7) is 0.136.